The zero-order valence-corrected chi connectivity index (χ0v) is 19.7. The molecule has 0 radical (unpaired) electrons. The fraction of sp³-hybridized carbons (Fsp3) is 0.667. The van der Waals surface area contributed by atoms with Crippen molar-refractivity contribution in [1.29, 1.82) is 0 Å². The van der Waals surface area contributed by atoms with Gasteiger partial charge < -0.3 is 20.1 Å². The molecular formula is C21H35IN4O2. The second kappa shape index (κ2) is 11.2. The van der Waals surface area contributed by atoms with Gasteiger partial charge >= 0.3 is 0 Å². The van der Waals surface area contributed by atoms with E-state index in [0.29, 0.717) is 0 Å². The molecule has 2 fully saturated rings. The Morgan fingerprint density at radius 3 is 2.57 bits per heavy atom. The van der Waals surface area contributed by atoms with E-state index < -0.39 is 0 Å². The van der Waals surface area contributed by atoms with Crippen LogP contribution in [0.2, 0.25) is 0 Å². The van der Waals surface area contributed by atoms with E-state index >= 15 is 0 Å². The lowest BCUT2D eigenvalue weighted by Gasteiger charge is -2.36. The Labute approximate surface area is 186 Å². The number of rotatable bonds is 8. The van der Waals surface area contributed by atoms with Gasteiger partial charge in [-0.05, 0) is 38.9 Å². The smallest absolute Gasteiger partial charge is 0.191 e. The Morgan fingerprint density at radius 1 is 1.25 bits per heavy atom. The summed E-state index contributed by atoms with van der Waals surface area (Å²) < 4.78 is 11.0. The predicted octanol–water partition coefficient (Wildman–Crippen LogP) is 3.04. The van der Waals surface area contributed by atoms with E-state index in [0.717, 1.165) is 57.6 Å². The number of likely N-dealkylation sites (tertiary alicyclic amines) is 1. The van der Waals surface area contributed by atoms with E-state index in [9.17, 15) is 0 Å². The third kappa shape index (κ3) is 5.97. The molecule has 2 aliphatic rings. The molecule has 0 saturated carbocycles. The SMILES string of the molecule is CCNC(=NCC1(C)COC1)NCC(c1ccccc1OC)N1CCCC1.I. The standard InChI is InChI=1S/C21H34N4O2.HI/c1-4-22-20(24-14-21(2)15-27-16-21)23-13-18(25-11-7-8-12-25)17-9-5-6-10-19(17)26-3;/h5-6,9-10,18H,4,7-8,11-16H2,1-3H3,(H2,22,23,24);1H. The van der Waals surface area contributed by atoms with Gasteiger partial charge in [0.25, 0.3) is 0 Å². The molecule has 0 amide bonds. The minimum atomic E-state index is 0. The maximum atomic E-state index is 5.64. The summed E-state index contributed by atoms with van der Waals surface area (Å²) >= 11 is 0. The van der Waals surface area contributed by atoms with Crippen LogP contribution in [0.3, 0.4) is 0 Å². The molecule has 2 saturated heterocycles. The van der Waals surface area contributed by atoms with E-state index in [4.69, 9.17) is 14.5 Å². The number of methoxy groups -OCH3 is 1. The van der Waals surface area contributed by atoms with Gasteiger partial charge in [0.15, 0.2) is 5.96 Å². The lowest BCUT2D eigenvalue weighted by Crippen LogP contribution is -2.46. The molecule has 2 heterocycles. The fourth-order valence-electron chi connectivity index (χ4n) is 3.78. The number of hydrogen-bond donors (Lipinski definition) is 2. The van der Waals surface area contributed by atoms with E-state index in [2.05, 4.69) is 47.6 Å². The van der Waals surface area contributed by atoms with Crippen LogP contribution < -0.4 is 15.4 Å². The number of guanidine groups is 1. The number of ether oxygens (including phenoxy) is 2. The first-order chi connectivity index (χ1) is 13.1. The lowest BCUT2D eigenvalue weighted by atomic mass is 9.89. The Hall–Kier alpha value is -1.06. The van der Waals surface area contributed by atoms with Crippen molar-refractivity contribution in [1.82, 2.24) is 15.5 Å². The Balaban J connectivity index is 0.00000280. The quantitative estimate of drug-likeness (QED) is 0.325. The monoisotopic (exact) mass is 502 g/mol. The Bertz CT molecular complexity index is 631. The number of hydrogen-bond acceptors (Lipinski definition) is 4. The molecule has 2 N–H and O–H groups in total. The molecule has 1 aromatic carbocycles. The van der Waals surface area contributed by atoms with Crippen molar-refractivity contribution in [3.8, 4) is 5.75 Å². The molecular weight excluding hydrogens is 467 g/mol. The first-order valence-corrected chi connectivity index (χ1v) is 10.1. The predicted molar refractivity (Wildman–Crippen MR) is 125 cm³/mol. The van der Waals surface area contributed by atoms with E-state index in [1.165, 1.54) is 18.4 Å². The Kier molecular flexibility index (Phi) is 9.30. The summed E-state index contributed by atoms with van der Waals surface area (Å²) in [7, 11) is 1.75. The summed E-state index contributed by atoms with van der Waals surface area (Å²) in [5, 5.41) is 6.95. The number of para-hydroxylation sites is 1. The van der Waals surface area contributed by atoms with Crippen LogP contribution in [0.15, 0.2) is 29.3 Å². The zero-order chi connectivity index (χ0) is 19.1. The largest absolute Gasteiger partial charge is 0.496 e. The summed E-state index contributed by atoms with van der Waals surface area (Å²) in [5.41, 5.74) is 1.42. The van der Waals surface area contributed by atoms with Gasteiger partial charge in [0, 0.05) is 24.1 Å². The zero-order valence-electron chi connectivity index (χ0n) is 17.4. The van der Waals surface area contributed by atoms with Crippen LogP contribution in [0.1, 0.15) is 38.3 Å². The van der Waals surface area contributed by atoms with Gasteiger partial charge in [-0.3, -0.25) is 9.89 Å². The molecule has 6 nitrogen and oxygen atoms in total. The molecule has 0 aromatic heterocycles. The van der Waals surface area contributed by atoms with Gasteiger partial charge in [-0.2, -0.15) is 0 Å². The number of nitrogens with zero attached hydrogens (tertiary/aromatic N) is 2. The number of aliphatic imine (C=N–C) groups is 1. The molecule has 0 bridgehead atoms. The molecule has 3 rings (SSSR count). The average molecular weight is 502 g/mol. The second-order valence-electron chi connectivity index (χ2n) is 7.88. The van der Waals surface area contributed by atoms with Crippen LogP contribution in [0.25, 0.3) is 0 Å². The maximum Gasteiger partial charge on any atom is 0.191 e. The van der Waals surface area contributed by atoms with Crippen molar-refractivity contribution in [2.24, 2.45) is 10.4 Å². The molecule has 0 spiro atoms. The highest BCUT2D eigenvalue weighted by Gasteiger charge is 2.33. The van der Waals surface area contributed by atoms with Gasteiger partial charge in [-0.25, -0.2) is 0 Å². The van der Waals surface area contributed by atoms with Crippen molar-refractivity contribution < 1.29 is 9.47 Å². The van der Waals surface area contributed by atoms with Gasteiger partial charge in [-0.15, -0.1) is 24.0 Å². The number of halogens is 1. The molecule has 28 heavy (non-hydrogen) atoms. The lowest BCUT2D eigenvalue weighted by molar-refractivity contribution is -0.0945. The third-order valence-corrected chi connectivity index (χ3v) is 5.41. The van der Waals surface area contributed by atoms with E-state index in [1.807, 2.05) is 6.07 Å². The van der Waals surface area contributed by atoms with Crippen LogP contribution >= 0.6 is 24.0 Å². The van der Waals surface area contributed by atoms with Gasteiger partial charge in [0.1, 0.15) is 5.75 Å². The van der Waals surface area contributed by atoms with E-state index in [-0.39, 0.29) is 35.4 Å². The van der Waals surface area contributed by atoms with Crippen molar-refractivity contribution in [3.05, 3.63) is 29.8 Å². The first-order valence-electron chi connectivity index (χ1n) is 10.1. The highest BCUT2D eigenvalue weighted by atomic mass is 127. The highest BCUT2D eigenvalue weighted by Crippen LogP contribution is 2.31. The first kappa shape index (κ1) is 23.2. The molecule has 2 aliphatic heterocycles. The van der Waals surface area contributed by atoms with Gasteiger partial charge in [0.05, 0.1) is 32.9 Å². The number of nitrogens with one attached hydrogen (secondary N) is 2. The summed E-state index contributed by atoms with van der Waals surface area (Å²) in [4.78, 5) is 7.36. The fourth-order valence-corrected chi connectivity index (χ4v) is 3.78. The van der Waals surface area contributed by atoms with E-state index in [1.54, 1.807) is 7.11 Å². The van der Waals surface area contributed by atoms with Crippen LogP contribution in [0, 0.1) is 5.41 Å². The maximum absolute atomic E-state index is 5.64. The molecule has 0 aliphatic carbocycles. The molecule has 1 aromatic rings. The van der Waals surface area contributed by atoms with Crippen molar-refractivity contribution in [2.45, 2.75) is 32.7 Å². The Morgan fingerprint density at radius 2 is 1.96 bits per heavy atom. The summed E-state index contributed by atoms with van der Waals surface area (Å²) in [6.45, 7) is 10.6. The molecule has 158 valence electrons. The third-order valence-electron chi connectivity index (χ3n) is 5.41. The highest BCUT2D eigenvalue weighted by molar-refractivity contribution is 14.0. The van der Waals surface area contributed by atoms with Gasteiger partial charge in [0.2, 0.25) is 0 Å². The average Bonchev–Trinajstić information content (AvgIpc) is 3.19. The summed E-state index contributed by atoms with van der Waals surface area (Å²) in [6.07, 6.45) is 2.52. The topological polar surface area (TPSA) is 58.1 Å². The molecule has 7 heteroatoms. The minimum Gasteiger partial charge on any atom is -0.496 e. The van der Waals surface area contributed by atoms with Crippen molar-refractivity contribution in [3.63, 3.8) is 0 Å². The summed E-state index contributed by atoms with van der Waals surface area (Å²) in [6, 6.07) is 8.63. The van der Waals surface area contributed by atoms with Crippen LogP contribution in [-0.4, -0.2) is 63.9 Å². The van der Waals surface area contributed by atoms with Crippen molar-refractivity contribution in [2.75, 3.05) is 53.0 Å². The van der Waals surface area contributed by atoms with Crippen LogP contribution in [0.4, 0.5) is 0 Å². The minimum absolute atomic E-state index is 0. The summed E-state index contributed by atoms with van der Waals surface area (Å²) in [5.74, 6) is 1.84. The van der Waals surface area contributed by atoms with Crippen LogP contribution in [0.5, 0.6) is 5.75 Å². The molecule has 1 atom stereocenters. The van der Waals surface area contributed by atoms with Crippen molar-refractivity contribution >= 4 is 29.9 Å². The van der Waals surface area contributed by atoms with Gasteiger partial charge in [-0.1, -0.05) is 25.1 Å². The second-order valence-corrected chi connectivity index (χ2v) is 7.88. The van der Waals surface area contributed by atoms with Crippen LogP contribution in [-0.2, 0) is 4.74 Å². The normalized spacial score (nSPS) is 20.0. The number of benzene rings is 1. The molecule has 1 unspecified atom stereocenters.